The van der Waals surface area contributed by atoms with Crippen molar-refractivity contribution in [3.8, 4) is 17.6 Å². The van der Waals surface area contributed by atoms with E-state index in [2.05, 4.69) is 11.4 Å². The molecule has 0 bridgehead atoms. The van der Waals surface area contributed by atoms with Gasteiger partial charge in [0, 0.05) is 16.0 Å². The number of benzene rings is 2. The van der Waals surface area contributed by atoms with Crippen LogP contribution in [0.3, 0.4) is 0 Å². The SMILES string of the molecule is N#Cc1c(NC(=O)C2c3ccccc3Oc3ccccc32)sc2c1CCCCCC2. The zero-order valence-corrected chi connectivity index (χ0v) is 17.4. The Balaban J connectivity index is 1.53. The number of carbonyl (C=O) groups is 1. The van der Waals surface area contributed by atoms with Gasteiger partial charge in [0.25, 0.3) is 0 Å². The smallest absolute Gasteiger partial charge is 0.237 e. The summed E-state index contributed by atoms with van der Waals surface area (Å²) in [5, 5.41) is 13.7. The highest BCUT2D eigenvalue weighted by Crippen LogP contribution is 2.45. The largest absolute Gasteiger partial charge is 0.457 e. The lowest BCUT2D eigenvalue weighted by Gasteiger charge is -2.27. The van der Waals surface area contributed by atoms with Gasteiger partial charge in [0.1, 0.15) is 22.6 Å². The molecule has 0 spiro atoms. The average molecular weight is 415 g/mol. The lowest BCUT2D eigenvalue weighted by molar-refractivity contribution is -0.116. The molecule has 150 valence electrons. The molecule has 0 saturated carbocycles. The monoisotopic (exact) mass is 414 g/mol. The quantitative estimate of drug-likeness (QED) is 0.547. The van der Waals surface area contributed by atoms with Gasteiger partial charge < -0.3 is 10.1 Å². The maximum atomic E-state index is 13.5. The number of rotatable bonds is 2. The van der Waals surface area contributed by atoms with Crippen molar-refractivity contribution in [2.24, 2.45) is 0 Å². The van der Waals surface area contributed by atoms with Gasteiger partial charge in [-0.15, -0.1) is 11.3 Å². The molecule has 1 amide bonds. The van der Waals surface area contributed by atoms with E-state index in [-0.39, 0.29) is 5.91 Å². The molecular formula is C25H22N2O2S. The zero-order valence-electron chi connectivity index (χ0n) is 16.6. The summed E-state index contributed by atoms with van der Waals surface area (Å²) in [6.07, 6.45) is 6.61. The number of para-hydroxylation sites is 2. The van der Waals surface area contributed by atoms with E-state index in [0.29, 0.717) is 22.1 Å². The number of hydrogen-bond donors (Lipinski definition) is 1. The number of fused-ring (bicyclic) bond motifs is 3. The maximum Gasteiger partial charge on any atom is 0.237 e. The first-order valence-corrected chi connectivity index (χ1v) is 11.3. The number of nitrogens with one attached hydrogen (secondary N) is 1. The molecule has 2 aliphatic rings. The third-order valence-corrected chi connectivity index (χ3v) is 7.17. The fourth-order valence-corrected chi connectivity index (χ4v) is 5.74. The Morgan fingerprint density at radius 2 is 1.60 bits per heavy atom. The summed E-state index contributed by atoms with van der Waals surface area (Å²) in [6, 6.07) is 17.7. The van der Waals surface area contributed by atoms with Crippen molar-refractivity contribution in [1.82, 2.24) is 0 Å². The third-order valence-electron chi connectivity index (χ3n) is 5.96. The molecule has 1 aromatic heterocycles. The second kappa shape index (κ2) is 7.97. The minimum absolute atomic E-state index is 0.121. The number of amides is 1. The van der Waals surface area contributed by atoms with Crippen LogP contribution < -0.4 is 10.1 Å². The van der Waals surface area contributed by atoms with Crippen LogP contribution in [-0.4, -0.2) is 5.91 Å². The van der Waals surface area contributed by atoms with E-state index in [9.17, 15) is 10.1 Å². The zero-order chi connectivity index (χ0) is 20.5. The molecular weight excluding hydrogens is 392 g/mol. The molecule has 0 unspecified atom stereocenters. The van der Waals surface area contributed by atoms with Crippen LogP contribution >= 0.6 is 11.3 Å². The minimum Gasteiger partial charge on any atom is -0.457 e. The highest BCUT2D eigenvalue weighted by molar-refractivity contribution is 7.16. The Hall–Kier alpha value is -3.10. The molecule has 1 aliphatic carbocycles. The highest BCUT2D eigenvalue weighted by Gasteiger charge is 2.33. The van der Waals surface area contributed by atoms with Gasteiger partial charge in [0.15, 0.2) is 0 Å². The fourth-order valence-electron chi connectivity index (χ4n) is 4.50. The molecule has 1 N–H and O–H groups in total. The summed E-state index contributed by atoms with van der Waals surface area (Å²) < 4.78 is 6.02. The molecule has 2 aromatic carbocycles. The topological polar surface area (TPSA) is 62.1 Å². The predicted octanol–water partition coefficient (Wildman–Crippen LogP) is 6.16. The van der Waals surface area contributed by atoms with Crippen LogP contribution in [0.2, 0.25) is 0 Å². The number of nitriles is 1. The van der Waals surface area contributed by atoms with Crippen LogP contribution in [0, 0.1) is 11.3 Å². The summed E-state index contributed by atoms with van der Waals surface area (Å²) in [5.41, 5.74) is 3.49. The third kappa shape index (κ3) is 3.28. The van der Waals surface area contributed by atoms with Crippen molar-refractivity contribution in [3.05, 3.63) is 75.7 Å². The second-order valence-electron chi connectivity index (χ2n) is 7.83. The fraction of sp³-hybridized carbons (Fsp3) is 0.280. The van der Waals surface area contributed by atoms with Crippen LogP contribution in [0.4, 0.5) is 5.00 Å². The van der Waals surface area contributed by atoms with Gasteiger partial charge in [0.2, 0.25) is 5.91 Å². The Morgan fingerprint density at radius 3 is 2.27 bits per heavy atom. The van der Waals surface area contributed by atoms with Crippen molar-refractivity contribution in [2.45, 2.75) is 44.4 Å². The molecule has 4 nitrogen and oxygen atoms in total. The van der Waals surface area contributed by atoms with E-state index in [4.69, 9.17) is 4.74 Å². The number of aryl methyl sites for hydroxylation is 1. The number of nitrogens with zero attached hydrogens (tertiary/aromatic N) is 1. The van der Waals surface area contributed by atoms with E-state index in [1.54, 1.807) is 11.3 Å². The van der Waals surface area contributed by atoms with E-state index >= 15 is 0 Å². The van der Waals surface area contributed by atoms with Gasteiger partial charge in [-0.25, -0.2) is 0 Å². The second-order valence-corrected chi connectivity index (χ2v) is 8.94. The van der Waals surface area contributed by atoms with Crippen LogP contribution in [0.1, 0.15) is 58.7 Å². The number of ether oxygens (including phenoxy) is 1. The molecule has 5 heteroatoms. The molecule has 1 aliphatic heterocycles. The van der Waals surface area contributed by atoms with Gasteiger partial charge >= 0.3 is 0 Å². The van der Waals surface area contributed by atoms with Crippen molar-refractivity contribution in [2.75, 3.05) is 5.32 Å². The van der Waals surface area contributed by atoms with Crippen LogP contribution in [0.15, 0.2) is 48.5 Å². The van der Waals surface area contributed by atoms with Crippen LogP contribution in [0.25, 0.3) is 0 Å². The molecule has 0 fully saturated rings. The number of anilines is 1. The molecule has 3 aromatic rings. The predicted molar refractivity (Wildman–Crippen MR) is 118 cm³/mol. The number of thiophene rings is 1. The Labute approximate surface area is 180 Å². The summed E-state index contributed by atoms with van der Waals surface area (Å²) in [5.74, 6) is 0.817. The summed E-state index contributed by atoms with van der Waals surface area (Å²) in [6.45, 7) is 0. The first-order chi connectivity index (χ1) is 14.8. The van der Waals surface area contributed by atoms with Crippen LogP contribution in [0.5, 0.6) is 11.5 Å². The number of carbonyl (C=O) groups excluding carboxylic acids is 1. The molecule has 0 atom stereocenters. The van der Waals surface area contributed by atoms with E-state index in [0.717, 1.165) is 42.4 Å². The average Bonchev–Trinajstić information content (AvgIpc) is 3.06. The molecule has 0 saturated heterocycles. The molecule has 2 heterocycles. The maximum absolute atomic E-state index is 13.5. The lowest BCUT2D eigenvalue weighted by Crippen LogP contribution is -2.25. The summed E-state index contributed by atoms with van der Waals surface area (Å²) >= 11 is 1.58. The van der Waals surface area contributed by atoms with Crippen LogP contribution in [-0.2, 0) is 17.6 Å². The van der Waals surface area contributed by atoms with Gasteiger partial charge in [-0.05, 0) is 43.4 Å². The Bertz CT molecular complexity index is 1110. The molecule has 0 radical (unpaired) electrons. The number of hydrogen-bond acceptors (Lipinski definition) is 4. The standard InChI is InChI=1S/C25H22N2O2S/c26-15-19-16-9-3-1-2-4-14-22(16)30-25(19)27-24(28)23-17-10-5-7-12-20(17)29-21-13-8-6-11-18(21)23/h5-8,10-13,23H,1-4,9,14H2,(H,27,28). The molecule has 30 heavy (non-hydrogen) atoms. The van der Waals surface area contributed by atoms with Gasteiger partial charge in [-0.3, -0.25) is 4.79 Å². The van der Waals surface area contributed by atoms with Crippen molar-refractivity contribution >= 4 is 22.2 Å². The first-order valence-electron chi connectivity index (χ1n) is 10.5. The molecule has 5 rings (SSSR count). The van der Waals surface area contributed by atoms with E-state index < -0.39 is 5.92 Å². The highest BCUT2D eigenvalue weighted by atomic mass is 32.1. The van der Waals surface area contributed by atoms with Crippen molar-refractivity contribution in [3.63, 3.8) is 0 Å². The first kappa shape index (κ1) is 18.9. The summed E-state index contributed by atoms with van der Waals surface area (Å²) in [7, 11) is 0. The summed E-state index contributed by atoms with van der Waals surface area (Å²) in [4.78, 5) is 14.8. The Morgan fingerprint density at radius 1 is 0.967 bits per heavy atom. The van der Waals surface area contributed by atoms with E-state index in [1.165, 1.54) is 17.7 Å². The van der Waals surface area contributed by atoms with Gasteiger partial charge in [-0.1, -0.05) is 49.2 Å². The van der Waals surface area contributed by atoms with Gasteiger partial charge in [-0.2, -0.15) is 5.26 Å². The Kier molecular flexibility index (Phi) is 5.02. The van der Waals surface area contributed by atoms with Crippen molar-refractivity contribution in [1.29, 1.82) is 5.26 Å². The minimum atomic E-state index is -0.470. The lowest BCUT2D eigenvalue weighted by atomic mass is 9.87. The normalized spacial score (nSPS) is 15.4. The van der Waals surface area contributed by atoms with Crippen molar-refractivity contribution < 1.29 is 9.53 Å². The van der Waals surface area contributed by atoms with E-state index in [1.807, 2.05) is 48.5 Å². The van der Waals surface area contributed by atoms with Gasteiger partial charge in [0.05, 0.1) is 11.5 Å².